The standard InChI is InChI=1S/C13H23NO5S/c1-13(2,20(3,18)19)12(17)14-8-9-6-4-5-7-10(9)11(15)16/h9-10H,4-8H2,1-3H3,(H,14,17)(H,15,16). The fraction of sp³-hybridized carbons (Fsp3) is 0.846. The summed E-state index contributed by atoms with van der Waals surface area (Å²) in [5.74, 6) is -1.99. The summed E-state index contributed by atoms with van der Waals surface area (Å²) in [6.45, 7) is 2.93. The van der Waals surface area contributed by atoms with E-state index in [4.69, 9.17) is 5.11 Å². The quantitative estimate of drug-likeness (QED) is 0.783. The first kappa shape index (κ1) is 16.9. The van der Waals surface area contributed by atoms with E-state index in [2.05, 4.69) is 5.32 Å². The molecule has 0 aromatic heterocycles. The lowest BCUT2D eigenvalue weighted by Gasteiger charge is -2.30. The molecular weight excluding hydrogens is 282 g/mol. The Kier molecular flexibility index (Phi) is 5.18. The summed E-state index contributed by atoms with van der Waals surface area (Å²) >= 11 is 0. The lowest BCUT2D eigenvalue weighted by molar-refractivity contribution is -0.145. The molecule has 20 heavy (non-hydrogen) atoms. The Labute approximate surface area is 119 Å². The average Bonchev–Trinajstić information content (AvgIpc) is 2.34. The SMILES string of the molecule is CC(C)(C(=O)NCC1CCCCC1C(=O)O)S(C)(=O)=O. The van der Waals surface area contributed by atoms with Crippen LogP contribution in [0.1, 0.15) is 39.5 Å². The molecule has 1 rings (SSSR count). The summed E-state index contributed by atoms with van der Waals surface area (Å²) in [7, 11) is -3.51. The molecule has 1 amide bonds. The average molecular weight is 305 g/mol. The topological polar surface area (TPSA) is 101 Å². The second-order valence-corrected chi connectivity index (χ2v) is 8.55. The van der Waals surface area contributed by atoms with E-state index < -0.39 is 32.4 Å². The van der Waals surface area contributed by atoms with Gasteiger partial charge < -0.3 is 10.4 Å². The van der Waals surface area contributed by atoms with Gasteiger partial charge in [0.2, 0.25) is 5.91 Å². The van der Waals surface area contributed by atoms with Crippen LogP contribution < -0.4 is 5.32 Å². The molecule has 116 valence electrons. The number of rotatable bonds is 5. The van der Waals surface area contributed by atoms with E-state index in [0.29, 0.717) is 6.42 Å². The van der Waals surface area contributed by atoms with Crippen LogP contribution in [0.3, 0.4) is 0 Å². The summed E-state index contributed by atoms with van der Waals surface area (Å²) in [6, 6.07) is 0. The highest BCUT2D eigenvalue weighted by molar-refractivity contribution is 7.92. The number of carbonyl (C=O) groups excluding carboxylic acids is 1. The Morgan fingerprint density at radius 1 is 1.25 bits per heavy atom. The number of sulfone groups is 1. The minimum Gasteiger partial charge on any atom is -0.481 e. The molecule has 0 saturated heterocycles. The van der Waals surface area contributed by atoms with Crippen molar-refractivity contribution < 1.29 is 23.1 Å². The Hall–Kier alpha value is -1.11. The molecule has 2 N–H and O–H groups in total. The fourth-order valence-corrected chi connectivity index (χ4v) is 2.79. The van der Waals surface area contributed by atoms with Crippen molar-refractivity contribution in [3.05, 3.63) is 0 Å². The van der Waals surface area contributed by atoms with Crippen LogP contribution in [-0.4, -0.2) is 42.9 Å². The normalized spacial score (nSPS) is 24.1. The van der Waals surface area contributed by atoms with Gasteiger partial charge >= 0.3 is 5.97 Å². The van der Waals surface area contributed by atoms with Gasteiger partial charge in [-0.1, -0.05) is 12.8 Å². The van der Waals surface area contributed by atoms with Gasteiger partial charge in [-0.15, -0.1) is 0 Å². The van der Waals surface area contributed by atoms with E-state index in [1.165, 1.54) is 13.8 Å². The molecule has 0 bridgehead atoms. The van der Waals surface area contributed by atoms with E-state index in [-0.39, 0.29) is 12.5 Å². The minimum atomic E-state index is -3.51. The Morgan fingerprint density at radius 2 is 1.80 bits per heavy atom. The first-order valence-corrected chi connectivity index (χ1v) is 8.67. The summed E-state index contributed by atoms with van der Waals surface area (Å²) in [6.07, 6.45) is 4.21. The number of carbonyl (C=O) groups is 2. The van der Waals surface area contributed by atoms with Crippen LogP contribution >= 0.6 is 0 Å². The predicted molar refractivity (Wildman–Crippen MR) is 75.0 cm³/mol. The van der Waals surface area contributed by atoms with E-state index in [1.54, 1.807) is 0 Å². The molecule has 0 aliphatic heterocycles. The summed E-state index contributed by atoms with van der Waals surface area (Å²) in [4.78, 5) is 23.1. The molecule has 0 heterocycles. The minimum absolute atomic E-state index is 0.124. The predicted octanol–water partition coefficient (Wildman–Crippen LogP) is 0.817. The number of amides is 1. The van der Waals surface area contributed by atoms with Crippen molar-refractivity contribution in [2.24, 2.45) is 11.8 Å². The second kappa shape index (κ2) is 6.11. The van der Waals surface area contributed by atoms with Gasteiger partial charge in [0.15, 0.2) is 9.84 Å². The number of hydrogen-bond acceptors (Lipinski definition) is 4. The van der Waals surface area contributed by atoms with E-state index in [9.17, 15) is 18.0 Å². The van der Waals surface area contributed by atoms with Crippen LogP contribution in [0.5, 0.6) is 0 Å². The van der Waals surface area contributed by atoms with Crippen LogP contribution in [0.25, 0.3) is 0 Å². The molecule has 7 heteroatoms. The van der Waals surface area contributed by atoms with Gasteiger partial charge in [-0.2, -0.15) is 0 Å². The lowest BCUT2D eigenvalue weighted by atomic mass is 9.79. The highest BCUT2D eigenvalue weighted by Gasteiger charge is 2.39. The fourth-order valence-electron chi connectivity index (χ4n) is 2.38. The summed E-state index contributed by atoms with van der Waals surface area (Å²) in [5, 5.41) is 11.8. The van der Waals surface area contributed by atoms with Crippen LogP contribution in [0, 0.1) is 11.8 Å². The molecule has 0 aromatic carbocycles. The largest absolute Gasteiger partial charge is 0.481 e. The van der Waals surface area contributed by atoms with Gasteiger partial charge in [-0.25, -0.2) is 8.42 Å². The van der Waals surface area contributed by atoms with Crippen molar-refractivity contribution in [1.82, 2.24) is 5.32 Å². The third-order valence-electron chi connectivity index (χ3n) is 4.22. The highest BCUT2D eigenvalue weighted by Crippen LogP contribution is 2.30. The smallest absolute Gasteiger partial charge is 0.306 e. The van der Waals surface area contributed by atoms with Gasteiger partial charge in [-0.3, -0.25) is 9.59 Å². The molecule has 0 aromatic rings. The number of hydrogen-bond donors (Lipinski definition) is 2. The van der Waals surface area contributed by atoms with Crippen molar-refractivity contribution in [3.8, 4) is 0 Å². The maximum Gasteiger partial charge on any atom is 0.306 e. The molecule has 1 fully saturated rings. The lowest BCUT2D eigenvalue weighted by Crippen LogP contribution is -2.49. The molecule has 6 nitrogen and oxygen atoms in total. The van der Waals surface area contributed by atoms with Gasteiger partial charge in [0.1, 0.15) is 4.75 Å². The number of nitrogens with one attached hydrogen (secondary N) is 1. The first-order valence-electron chi connectivity index (χ1n) is 6.78. The molecule has 0 radical (unpaired) electrons. The van der Waals surface area contributed by atoms with Gasteiger partial charge in [-0.05, 0) is 32.6 Å². The van der Waals surface area contributed by atoms with Crippen molar-refractivity contribution in [2.75, 3.05) is 12.8 Å². The van der Waals surface area contributed by atoms with Crippen molar-refractivity contribution in [3.63, 3.8) is 0 Å². The summed E-state index contributed by atoms with van der Waals surface area (Å²) in [5.41, 5.74) is 0. The molecule has 1 aliphatic carbocycles. The van der Waals surface area contributed by atoms with Crippen LogP contribution in [0.15, 0.2) is 0 Å². The van der Waals surface area contributed by atoms with Crippen LogP contribution in [0.4, 0.5) is 0 Å². The third kappa shape index (κ3) is 3.71. The van der Waals surface area contributed by atoms with E-state index in [0.717, 1.165) is 25.5 Å². The zero-order valence-electron chi connectivity index (χ0n) is 12.2. The van der Waals surface area contributed by atoms with Crippen LogP contribution in [0.2, 0.25) is 0 Å². The molecule has 2 atom stereocenters. The molecule has 1 aliphatic rings. The number of carboxylic acids is 1. The summed E-state index contributed by atoms with van der Waals surface area (Å²) < 4.78 is 21.6. The molecule has 1 saturated carbocycles. The monoisotopic (exact) mass is 305 g/mol. The molecule has 0 spiro atoms. The Bertz CT molecular complexity index is 483. The Balaban J connectivity index is 2.66. The van der Waals surface area contributed by atoms with E-state index >= 15 is 0 Å². The second-order valence-electron chi connectivity index (χ2n) is 5.98. The third-order valence-corrected chi connectivity index (χ3v) is 6.26. The maximum atomic E-state index is 12.0. The highest BCUT2D eigenvalue weighted by atomic mass is 32.2. The molecule has 2 unspecified atom stereocenters. The zero-order chi connectivity index (χ0) is 15.6. The van der Waals surface area contributed by atoms with Crippen LogP contribution in [-0.2, 0) is 19.4 Å². The van der Waals surface area contributed by atoms with Gasteiger partial charge in [0, 0.05) is 12.8 Å². The van der Waals surface area contributed by atoms with E-state index in [1.807, 2.05) is 0 Å². The first-order chi connectivity index (χ1) is 9.07. The van der Waals surface area contributed by atoms with Gasteiger partial charge in [0.05, 0.1) is 5.92 Å². The molecular formula is C13H23NO5S. The Morgan fingerprint density at radius 3 is 2.30 bits per heavy atom. The van der Waals surface area contributed by atoms with Crippen molar-refractivity contribution in [1.29, 1.82) is 0 Å². The number of aliphatic carboxylic acids is 1. The zero-order valence-corrected chi connectivity index (χ0v) is 13.0. The maximum absolute atomic E-state index is 12.0. The van der Waals surface area contributed by atoms with Crippen molar-refractivity contribution in [2.45, 2.75) is 44.3 Å². The van der Waals surface area contributed by atoms with Gasteiger partial charge in [0.25, 0.3) is 0 Å². The van der Waals surface area contributed by atoms with Crippen molar-refractivity contribution >= 4 is 21.7 Å². The number of carboxylic acid groups (broad SMARTS) is 1.